The van der Waals surface area contributed by atoms with Gasteiger partial charge in [0, 0.05) is 48.3 Å². The van der Waals surface area contributed by atoms with E-state index in [1.165, 1.54) is 0 Å². The number of amides is 2. The molecule has 0 spiro atoms. The molecule has 6 heteroatoms. The number of aromatic amines is 1. The molecule has 0 aliphatic carbocycles. The molecule has 2 aromatic heterocycles. The maximum atomic E-state index is 12.4. The number of hydrogen-bond donors (Lipinski definition) is 3. The summed E-state index contributed by atoms with van der Waals surface area (Å²) in [6.45, 7) is 0.716. The third-order valence-corrected chi connectivity index (χ3v) is 4.70. The zero-order valence-corrected chi connectivity index (χ0v) is 15.0. The van der Waals surface area contributed by atoms with E-state index in [2.05, 4.69) is 15.6 Å². The lowest BCUT2D eigenvalue weighted by Gasteiger charge is -2.08. The molecule has 0 aliphatic heterocycles. The molecule has 0 saturated heterocycles. The van der Waals surface area contributed by atoms with Crippen LogP contribution in [0.1, 0.15) is 20.8 Å². The molecule has 0 fully saturated rings. The average molecular weight is 360 g/mol. The molecule has 4 rings (SSSR count). The summed E-state index contributed by atoms with van der Waals surface area (Å²) in [6.07, 6.45) is 1.84. The van der Waals surface area contributed by atoms with Gasteiger partial charge in [-0.15, -0.1) is 0 Å². The third-order valence-electron chi connectivity index (χ3n) is 4.70. The highest BCUT2D eigenvalue weighted by atomic mass is 16.2. The molecule has 6 nitrogen and oxygen atoms in total. The van der Waals surface area contributed by atoms with Crippen molar-refractivity contribution in [3.05, 3.63) is 72.1 Å². The Bertz CT molecular complexity index is 1140. The molecule has 3 N–H and O–H groups in total. The van der Waals surface area contributed by atoms with E-state index < -0.39 is 0 Å². The van der Waals surface area contributed by atoms with Gasteiger partial charge in [0.1, 0.15) is 5.69 Å². The van der Waals surface area contributed by atoms with Crippen molar-refractivity contribution in [2.45, 2.75) is 0 Å². The van der Waals surface area contributed by atoms with Crippen LogP contribution in [0.5, 0.6) is 0 Å². The SMILES string of the molecule is Cn1c(C(=O)NCCNC(=O)c2ccc3cc[nH]c3c2)cc2ccccc21. The zero-order chi connectivity index (χ0) is 18.8. The van der Waals surface area contributed by atoms with Gasteiger partial charge in [-0.25, -0.2) is 0 Å². The number of H-pyrrole nitrogens is 1. The fraction of sp³-hybridized carbons (Fsp3) is 0.143. The number of benzene rings is 2. The number of nitrogens with zero attached hydrogens (tertiary/aromatic N) is 1. The van der Waals surface area contributed by atoms with E-state index in [1.807, 2.05) is 66.3 Å². The number of aromatic nitrogens is 2. The van der Waals surface area contributed by atoms with Gasteiger partial charge in [0.2, 0.25) is 0 Å². The molecule has 0 saturated carbocycles. The van der Waals surface area contributed by atoms with Crippen LogP contribution in [0, 0.1) is 0 Å². The van der Waals surface area contributed by atoms with Gasteiger partial charge in [0.25, 0.3) is 11.8 Å². The van der Waals surface area contributed by atoms with Crippen LogP contribution in [-0.2, 0) is 7.05 Å². The monoisotopic (exact) mass is 360 g/mol. The fourth-order valence-electron chi connectivity index (χ4n) is 3.24. The lowest BCUT2D eigenvalue weighted by atomic mass is 10.1. The van der Waals surface area contributed by atoms with Crippen LogP contribution >= 0.6 is 0 Å². The largest absolute Gasteiger partial charge is 0.361 e. The Morgan fingerprint density at radius 3 is 2.52 bits per heavy atom. The van der Waals surface area contributed by atoms with Crippen LogP contribution in [-0.4, -0.2) is 34.5 Å². The van der Waals surface area contributed by atoms with E-state index >= 15 is 0 Å². The summed E-state index contributed by atoms with van der Waals surface area (Å²) in [6, 6.07) is 17.2. The van der Waals surface area contributed by atoms with Crippen molar-refractivity contribution in [1.29, 1.82) is 0 Å². The van der Waals surface area contributed by atoms with Crippen molar-refractivity contribution in [2.75, 3.05) is 13.1 Å². The molecule has 0 atom stereocenters. The number of fused-ring (bicyclic) bond motifs is 2. The van der Waals surface area contributed by atoms with Gasteiger partial charge >= 0.3 is 0 Å². The maximum absolute atomic E-state index is 12.4. The summed E-state index contributed by atoms with van der Waals surface area (Å²) >= 11 is 0. The van der Waals surface area contributed by atoms with E-state index in [0.717, 1.165) is 21.8 Å². The molecule has 0 radical (unpaired) electrons. The Labute approximate surface area is 156 Å². The van der Waals surface area contributed by atoms with Crippen molar-refractivity contribution < 1.29 is 9.59 Å². The highest BCUT2D eigenvalue weighted by Crippen LogP contribution is 2.18. The molecular weight excluding hydrogens is 340 g/mol. The summed E-state index contributed by atoms with van der Waals surface area (Å²) in [5.74, 6) is -0.318. The van der Waals surface area contributed by atoms with E-state index in [9.17, 15) is 9.59 Å². The van der Waals surface area contributed by atoms with Crippen LogP contribution in [0.25, 0.3) is 21.8 Å². The minimum atomic E-state index is -0.162. The van der Waals surface area contributed by atoms with E-state index in [0.29, 0.717) is 24.3 Å². The highest BCUT2D eigenvalue weighted by molar-refractivity contribution is 5.99. The number of rotatable bonds is 5. The smallest absolute Gasteiger partial charge is 0.267 e. The van der Waals surface area contributed by atoms with Crippen LogP contribution in [0.2, 0.25) is 0 Å². The Hall–Kier alpha value is -3.54. The number of aryl methyl sites for hydroxylation is 1. The zero-order valence-electron chi connectivity index (χ0n) is 15.0. The number of nitrogens with one attached hydrogen (secondary N) is 3. The lowest BCUT2D eigenvalue weighted by molar-refractivity contribution is 0.0923. The Kier molecular flexibility index (Phi) is 4.38. The van der Waals surface area contributed by atoms with Gasteiger partial charge < -0.3 is 20.2 Å². The normalized spacial score (nSPS) is 11.0. The topological polar surface area (TPSA) is 78.9 Å². The molecule has 0 bridgehead atoms. The number of para-hydroxylation sites is 1. The van der Waals surface area contributed by atoms with E-state index in [-0.39, 0.29) is 11.8 Å². The second-order valence-corrected chi connectivity index (χ2v) is 6.44. The first-order valence-electron chi connectivity index (χ1n) is 8.81. The summed E-state index contributed by atoms with van der Waals surface area (Å²) in [7, 11) is 1.87. The van der Waals surface area contributed by atoms with Crippen molar-refractivity contribution in [2.24, 2.45) is 7.05 Å². The Morgan fingerprint density at radius 1 is 0.926 bits per heavy atom. The van der Waals surface area contributed by atoms with Crippen molar-refractivity contribution >= 4 is 33.6 Å². The predicted octanol–water partition coefficient (Wildman–Crippen LogP) is 2.82. The molecule has 2 amide bonds. The molecule has 27 heavy (non-hydrogen) atoms. The molecule has 0 aliphatic rings. The minimum absolute atomic E-state index is 0.157. The predicted molar refractivity (Wildman–Crippen MR) is 106 cm³/mol. The number of carbonyl (C=O) groups excluding carboxylic acids is 2. The standard InChI is InChI=1S/C21H20N4O2/c1-25-18-5-3-2-4-15(18)13-19(25)21(27)24-11-10-23-20(26)16-7-6-14-8-9-22-17(14)12-16/h2-9,12-13,22H,10-11H2,1H3,(H,23,26)(H,24,27). The number of hydrogen-bond acceptors (Lipinski definition) is 2. The highest BCUT2D eigenvalue weighted by Gasteiger charge is 2.13. The molecule has 4 aromatic rings. The lowest BCUT2D eigenvalue weighted by Crippen LogP contribution is -2.35. The van der Waals surface area contributed by atoms with E-state index in [4.69, 9.17) is 0 Å². The first-order valence-corrected chi connectivity index (χ1v) is 8.81. The van der Waals surface area contributed by atoms with Crippen molar-refractivity contribution in [3.8, 4) is 0 Å². The van der Waals surface area contributed by atoms with Gasteiger partial charge in [-0.2, -0.15) is 0 Å². The van der Waals surface area contributed by atoms with E-state index in [1.54, 1.807) is 6.07 Å². The molecule has 0 unspecified atom stereocenters. The van der Waals surface area contributed by atoms with Gasteiger partial charge in [-0.1, -0.05) is 24.3 Å². The van der Waals surface area contributed by atoms with Crippen LogP contribution in [0.15, 0.2) is 60.8 Å². The second kappa shape index (κ2) is 6.99. The minimum Gasteiger partial charge on any atom is -0.361 e. The fourth-order valence-corrected chi connectivity index (χ4v) is 3.24. The Morgan fingerprint density at radius 2 is 1.70 bits per heavy atom. The van der Waals surface area contributed by atoms with Crippen molar-refractivity contribution in [1.82, 2.24) is 20.2 Å². The first kappa shape index (κ1) is 16.9. The average Bonchev–Trinajstić information content (AvgIpc) is 3.29. The number of carbonyl (C=O) groups is 2. The quantitative estimate of drug-likeness (QED) is 0.479. The van der Waals surface area contributed by atoms with Crippen molar-refractivity contribution in [3.63, 3.8) is 0 Å². The van der Waals surface area contributed by atoms with Crippen LogP contribution < -0.4 is 10.6 Å². The van der Waals surface area contributed by atoms with Crippen LogP contribution in [0.3, 0.4) is 0 Å². The maximum Gasteiger partial charge on any atom is 0.267 e. The van der Waals surface area contributed by atoms with Gasteiger partial charge in [-0.3, -0.25) is 9.59 Å². The molecule has 136 valence electrons. The van der Waals surface area contributed by atoms with Gasteiger partial charge in [0.05, 0.1) is 0 Å². The molecule has 2 aromatic carbocycles. The van der Waals surface area contributed by atoms with Gasteiger partial charge in [0.15, 0.2) is 0 Å². The summed E-state index contributed by atoms with van der Waals surface area (Å²) in [4.78, 5) is 27.8. The summed E-state index contributed by atoms with van der Waals surface area (Å²) in [5.41, 5.74) is 3.12. The Balaban J connectivity index is 1.33. The molecule has 2 heterocycles. The first-order chi connectivity index (χ1) is 13.1. The molecular formula is C21H20N4O2. The third kappa shape index (κ3) is 3.29. The second-order valence-electron chi connectivity index (χ2n) is 6.44. The van der Waals surface area contributed by atoms with Gasteiger partial charge in [-0.05, 0) is 35.7 Å². The van der Waals surface area contributed by atoms with Crippen LogP contribution in [0.4, 0.5) is 0 Å². The summed E-state index contributed by atoms with van der Waals surface area (Å²) in [5, 5.41) is 7.77. The summed E-state index contributed by atoms with van der Waals surface area (Å²) < 4.78 is 1.87.